The van der Waals surface area contributed by atoms with Crippen LogP contribution in [-0.2, 0) is 39.2 Å². The molecule has 0 fully saturated rings. The molecule has 0 saturated carbocycles. The molecule has 6 N–H and O–H groups in total. The molecule has 4 rings (SSSR count). The van der Waals surface area contributed by atoms with E-state index in [4.69, 9.17) is 14.9 Å². The van der Waals surface area contributed by atoms with E-state index in [0.717, 1.165) is 25.8 Å². The predicted octanol–water partition coefficient (Wildman–Crippen LogP) is 2.50. The van der Waals surface area contributed by atoms with Gasteiger partial charge in [0.05, 0.1) is 29.2 Å². The van der Waals surface area contributed by atoms with Gasteiger partial charge in [-0.25, -0.2) is 25.4 Å². The van der Waals surface area contributed by atoms with Gasteiger partial charge in [0.1, 0.15) is 17.8 Å². The molecule has 0 aliphatic heterocycles. The van der Waals surface area contributed by atoms with Gasteiger partial charge >= 0.3 is 23.9 Å². The van der Waals surface area contributed by atoms with E-state index in [1.54, 1.807) is 24.3 Å². The Kier molecular flexibility index (Phi) is 14.6. The van der Waals surface area contributed by atoms with E-state index in [-0.39, 0.29) is 59.6 Å². The molecule has 18 nitrogen and oxygen atoms in total. The van der Waals surface area contributed by atoms with Crippen molar-refractivity contribution < 1.29 is 61.2 Å². The largest absolute Gasteiger partial charge is 0.493 e. The maximum Gasteiger partial charge on any atom is 0.321 e. The number of aliphatic carboxylic acids is 4. The minimum atomic E-state index is -4.45. The normalized spacial score (nSPS) is 13.5. The lowest BCUT2D eigenvalue weighted by atomic mass is 9.92. The van der Waals surface area contributed by atoms with Crippen LogP contribution in [0.4, 0.5) is 5.69 Å². The zero-order chi connectivity index (χ0) is 42.4. The molecule has 57 heavy (non-hydrogen) atoms. The third-order valence-corrected chi connectivity index (χ3v) is 13.3. The van der Waals surface area contributed by atoms with Crippen molar-refractivity contribution in [3.8, 4) is 5.75 Å². The summed E-state index contributed by atoms with van der Waals surface area (Å²) >= 11 is 0. The zero-order valence-electron chi connectivity index (χ0n) is 32.3. The number of benzene rings is 4. The van der Waals surface area contributed by atoms with E-state index in [1.807, 2.05) is 32.0 Å². The minimum absolute atomic E-state index is 0.0285. The summed E-state index contributed by atoms with van der Waals surface area (Å²) < 4.78 is 66.2. The summed E-state index contributed by atoms with van der Waals surface area (Å²) in [4.78, 5) is 46.4. The lowest BCUT2D eigenvalue weighted by Gasteiger charge is -2.25. The van der Waals surface area contributed by atoms with E-state index in [0.29, 0.717) is 34.9 Å². The fraction of sp³-hybridized carbons (Fsp3) is 0.459. The standard InChI is InChI=1S/C37H49N5O13S2/c1-6-17-55-29-20-28(40(2)3)22-9-11-24-30(56(51,52)41(4)15-7-13-38-26(36(47)48)18-32(43)44)21-31(25-12-10-23(29)34(22)35(24)25)57(53,54)42(5)16-8-14-39-27(37(49)50)19-33(45)46/h9-12,20-21,26-27,38-39H,6-8,13-19H2,1-5H3,(H,43,44)(H,45,46)(H,47,48)(H,49,50). The highest BCUT2D eigenvalue weighted by Crippen LogP contribution is 2.46. The molecule has 0 bridgehead atoms. The zero-order valence-corrected chi connectivity index (χ0v) is 33.9. The summed E-state index contributed by atoms with van der Waals surface area (Å²) in [6.45, 7) is 2.02. The van der Waals surface area contributed by atoms with Crippen LogP contribution in [0.1, 0.15) is 39.0 Å². The van der Waals surface area contributed by atoms with Crippen LogP contribution < -0.4 is 20.3 Å². The third-order valence-electron chi connectivity index (χ3n) is 9.52. The highest BCUT2D eigenvalue weighted by Gasteiger charge is 2.32. The molecular weight excluding hydrogens is 787 g/mol. The van der Waals surface area contributed by atoms with E-state index in [1.165, 1.54) is 14.1 Å². The molecule has 4 aromatic rings. The van der Waals surface area contributed by atoms with Crippen LogP contribution in [0.2, 0.25) is 0 Å². The van der Waals surface area contributed by atoms with Gasteiger partial charge in [-0.05, 0) is 44.5 Å². The molecule has 20 heteroatoms. The van der Waals surface area contributed by atoms with Gasteiger partial charge in [-0.15, -0.1) is 0 Å². The predicted molar refractivity (Wildman–Crippen MR) is 212 cm³/mol. The van der Waals surface area contributed by atoms with Crippen LogP contribution in [0.25, 0.3) is 32.3 Å². The smallest absolute Gasteiger partial charge is 0.321 e. The summed E-state index contributed by atoms with van der Waals surface area (Å²) in [5, 5.41) is 44.8. The van der Waals surface area contributed by atoms with Crippen molar-refractivity contribution in [1.82, 2.24) is 19.2 Å². The number of carbonyl (C=O) groups is 4. The van der Waals surface area contributed by atoms with Crippen molar-refractivity contribution in [2.45, 2.75) is 60.9 Å². The van der Waals surface area contributed by atoms with Gasteiger partial charge in [0.15, 0.2) is 0 Å². The maximum atomic E-state index is 14.5. The lowest BCUT2D eigenvalue weighted by Crippen LogP contribution is -2.40. The van der Waals surface area contributed by atoms with Gasteiger partial charge in [-0.1, -0.05) is 25.1 Å². The lowest BCUT2D eigenvalue weighted by molar-refractivity contribution is -0.145. The quantitative estimate of drug-likeness (QED) is 0.0438. The first-order chi connectivity index (χ1) is 26.7. The van der Waals surface area contributed by atoms with Crippen molar-refractivity contribution in [2.24, 2.45) is 0 Å². The summed E-state index contributed by atoms with van der Waals surface area (Å²) in [6.07, 6.45) is -0.467. The molecule has 0 aliphatic rings. The molecule has 0 heterocycles. The number of rotatable bonds is 24. The molecule has 0 saturated heterocycles. The van der Waals surface area contributed by atoms with Crippen LogP contribution >= 0.6 is 0 Å². The monoisotopic (exact) mass is 835 g/mol. The van der Waals surface area contributed by atoms with Gasteiger partial charge in [0.25, 0.3) is 0 Å². The summed E-state index contributed by atoms with van der Waals surface area (Å²) in [5.74, 6) is -4.85. The Morgan fingerprint density at radius 3 is 1.49 bits per heavy atom. The van der Waals surface area contributed by atoms with Crippen molar-refractivity contribution in [1.29, 1.82) is 0 Å². The van der Waals surface area contributed by atoms with E-state index < -0.39 is 68.8 Å². The Morgan fingerprint density at radius 1 is 0.667 bits per heavy atom. The topological polar surface area (TPSA) is 260 Å². The molecule has 0 amide bonds. The number of ether oxygens (including phenoxy) is 1. The fourth-order valence-corrected chi connectivity index (χ4v) is 9.50. The summed E-state index contributed by atoms with van der Waals surface area (Å²) in [7, 11) is -2.60. The third kappa shape index (κ3) is 10.00. The van der Waals surface area contributed by atoms with Gasteiger partial charge in [-0.2, -0.15) is 0 Å². The first-order valence-electron chi connectivity index (χ1n) is 18.1. The number of anilines is 1. The second-order valence-electron chi connectivity index (χ2n) is 13.8. The Labute approximate surface area is 330 Å². The fourth-order valence-electron chi connectivity index (χ4n) is 6.58. The molecule has 0 aromatic heterocycles. The molecule has 312 valence electrons. The molecular formula is C37H49N5O13S2. The maximum absolute atomic E-state index is 14.5. The second-order valence-corrected chi connectivity index (χ2v) is 17.9. The number of sulfonamides is 2. The summed E-state index contributed by atoms with van der Waals surface area (Å²) in [5.41, 5.74) is 0.750. The molecule has 2 atom stereocenters. The second kappa shape index (κ2) is 18.6. The van der Waals surface area contributed by atoms with Crippen molar-refractivity contribution in [3.05, 3.63) is 36.4 Å². The molecule has 0 aliphatic carbocycles. The highest BCUT2D eigenvalue weighted by atomic mass is 32.2. The first kappa shape index (κ1) is 44.8. The Balaban J connectivity index is 1.85. The van der Waals surface area contributed by atoms with E-state index in [2.05, 4.69) is 10.6 Å². The Hall–Kier alpha value is -4.86. The number of hydrogen-bond acceptors (Lipinski definition) is 12. The van der Waals surface area contributed by atoms with Gasteiger partial charge < -0.3 is 40.7 Å². The number of nitrogens with one attached hydrogen (secondary N) is 2. The van der Waals surface area contributed by atoms with Crippen molar-refractivity contribution >= 4 is 81.9 Å². The number of carboxylic acid groups (broad SMARTS) is 4. The van der Waals surface area contributed by atoms with Gasteiger partial charge in [0.2, 0.25) is 20.0 Å². The van der Waals surface area contributed by atoms with Crippen molar-refractivity contribution in [2.75, 3.05) is 65.9 Å². The van der Waals surface area contributed by atoms with Gasteiger partial charge in [-0.3, -0.25) is 19.2 Å². The first-order valence-corrected chi connectivity index (χ1v) is 21.0. The van der Waals surface area contributed by atoms with Crippen LogP contribution in [0.5, 0.6) is 5.75 Å². The number of hydrogen-bond donors (Lipinski definition) is 6. The molecule has 2 unspecified atom stereocenters. The minimum Gasteiger partial charge on any atom is -0.493 e. The Morgan fingerprint density at radius 2 is 1.09 bits per heavy atom. The van der Waals surface area contributed by atoms with Gasteiger partial charge in [0, 0.05) is 85.4 Å². The van der Waals surface area contributed by atoms with Crippen molar-refractivity contribution in [3.63, 3.8) is 0 Å². The summed E-state index contributed by atoms with van der Waals surface area (Å²) in [6, 6.07) is 7.01. The van der Waals surface area contributed by atoms with Crippen LogP contribution in [0.3, 0.4) is 0 Å². The number of carboxylic acids is 4. The molecule has 4 aromatic carbocycles. The molecule has 0 spiro atoms. The van der Waals surface area contributed by atoms with E-state index in [9.17, 15) is 46.2 Å². The number of nitrogens with zero attached hydrogens (tertiary/aromatic N) is 3. The average molecular weight is 836 g/mol. The van der Waals surface area contributed by atoms with Crippen LogP contribution in [-0.4, -0.2) is 143 Å². The van der Waals surface area contributed by atoms with Crippen LogP contribution in [0, 0.1) is 0 Å². The Bertz CT molecular complexity index is 2260. The average Bonchev–Trinajstić information content (AvgIpc) is 3.14. The highest BCUT2D eigenvalue weighted by molar-refractivity contribution is 7.90. The SMILES string of the molecule is CCCOc1cc(N(C)C)c2ccc3c(S(=O)(=O)N(C)CCCNC(CC(=O)O)C(=O)O)cc(S(=O)(=O)N(C)CCCNC(CC(=O)O)C(=O)O)c4ccc1c2c43. The molecule has 0 radical (unpaired) electrons. The van der Waals surface area contributed by atoms with E-state index >= 15 is 0 Å². The van der Waals surface area contributed by atoms with Crippen LogP contribution in [0.15, 0.2) is 46.2 Å².